The minimum absolute atomic E-state index is 0.148. The quantitative estimate of drug-likeness (QED) is 0.353. The number of halogens is 6. The molecule has 1 aliphatic heterocycles. The van der Waals surface area contributed by atoms with Crippen molar-refractivity contribution in [1.29, 1.82) is 0 Å². The number of methoxy groups -OCH3 is 1. The van der Waals surface area contributed by atoms with Gasteiger partial charge in [0.2, 0.25) is 11.8 Å². The number of carbonyl (C=O) groups is 3. The van der Waals surface area contributed by atoms with Crippen molar-refractivity contribution in [3.05, 3.63) is 64.2 Å². The van der Waals surface area contributed by atoms with Crippen molar-refractivity contribution >= 4 is 98.7 Å². The van der Waals surface area contributed by atoms with E-state index >= 15 is 0 Å². The normalized spacial score (nSPS) is 30.7. The summed E-state index contributed by atoms with van der Waals surface area (Å²) in [4.78, 5) is 37.0. The summed E-state index contributed by atoms with van der Waals surface area (Å²) in [6, 6.07) is 12.8. The zero-order chi connectivity index (χ0) is 25.5. The van der Waals surface area contributed by atoms with Crippen molar-refractivity contribution in [1.82, 2.24) is 0 Å². The largest absolute Gasteiger partial charge is 0.497 e. The zero-order valence-electron chi connectivity index (χ0n) is 17.6. The fourth-order valence-electron chi connectivity index (χ4n) is 4.94. The molecule has 2 bridgehead atoms. The van der Waals surface area contributed by atoms with Crippen molar-refractivity contribution in [2.75, 3.05) is 17.3 Å². The number of ether oxygens (including phenoxy) is 1. The van der Waals surface area contributed by atoms with Crippen LogP contribution in [0.25, 0.3) is 0 Å². The predicted molar refractivity (Wildman–Crippen MR) is 137 cm³/mol. The van der Waals surface area contributed by atoms with Crippen molar-refractivity contribution in [2.45, 2.75) is 14.1 Å². The minimum atomic E-state index is -2.01. The fourth-order valence-corrected chi connectivity index (χ4v) is 7.87. The first-order chi connectivity index (χ1) is 16.4. The smallest absolute Gasteiger partial charge is 0.255 e. The molecule has 0 aromatic heterocycles. The van der Waals surface area contributed by atoms with Crippen LogP contribution < -0.4 is 15.0 Å². The minimum Gasteiger partial charge on any atom is -0.497 e. The van der Waals surface area contributed by atoms with E-state index in [0.29, 0.717) is 11.4 Å². The van der Waals surface area contributed by atoms with E-state index in [0.717, 1.165) is 4.90 Å². The van der Waals surface area contributed by atoms with E-state index in [9.17, 15) is 14.4 Å². The number of allylic oxidation sites excluding steroid dienone is 2. The highest BCUT2D eigenvalue weighted by molar-refractivity contribution is 6.67. The summed E-state index contributed by atoms with van der Waals surface area (Å²) in [5.41, 5.74) is 0.850. The molecule has 0 unspecified atom stereocenters. The van der Waals surface area contributed by atoms with E-state index in [-0.39, 0.29) is 21.3 Å². The lowest BCUT2D eigenvalue weighted by Crippen LogP contribution is -2.50. The van der Waals surface area contributed by atoms with Crippen LogP contribution in [-0.4, -0.2) is 38.9 Å². The van der Waals surface area contributed by atoms with Crippen LogP contribution in [0.15, 0.2) is 58.6 Å². The number of carbonyl (C=O) groups excluding carboxylic acids is 3. The number of amides is 3. The Morgan fingerprint density at radius 1 is 0.914 bits per heavy atom. The molecule has 2 aromatic rings. The van der Waals surface area contributed by atoms with Gasteiger partial charge in [-0.25, -0.2) is 4.90 Å². The monoisotopic (exact) mass is 592 g/mol. The molecular formula is C23H14Cl6N2O4. The molecule has 2 aliphatic carbocycles. The molecule has 0 spiro atoms. The van der Waals surface area contributed by atoms with Crippen molar-refractivity contribution in [3.8, 4) is 5.75 Å². The average Bonchev–Trinajstić information content (AvgIpc) is 3.22. The van der Waals surface area contributed by atoms with Gasteiger partial charge in [0.25, 0.3) is 5.91 Å². The second-order valence-electron chi connectivity index (χ2n) is 8.33. The van der Waals surface area contributed by atoms with Crippen LogP contribution in [0, 0.1) is 11.8 Å². The molecule has 3 aliphatic rings. The Kier molecular flexibility index (Phi) is 5.83. The molecule has 6 nitrogen and oxygen atoms in total. The molecule has 1 N–H and O–H groups in total. The molecule has 35 heavy (non-hydrogen) atoms. The number of benzene rings is 2. The molecule has 1 heterocycles. The molecule has 1 saturated carbocycles. The van der Waals surface area contributed by atoms with Gasteiger partial charge in [0.05, 0.1) is 34.7 Å². The van der Waals surface area contributed by atoms with Gasteiger partial charge in [-0.15, -0.1) is 23.2 Å². The summed E-state index contributed by atoms with van der Waals surface area (Å²) in [5.74, 6) is -3.81. The fraction of sp³-hybridized carbons (Fsp3) is 0.261. The average molecular weight is 595 g/mol. The Hall–Kier alpha value is -1.67. The first-order valence-corrected chi connectivity index (χ1v) is 12.4. The number of nitrogens with zero attached hydrogens (tertiary/aromatic N) is 1. The van der Waals surface area contributed by atoms with Gasteiger partial charge < -0.3 is 10.1 Å². The highest BCUT2D eigenvalue weighted by atomic mass is 35.5. The van der Waals surface area contributed by atoms with Crippen LogP contribution in [0.3, 0.4) is 0 Å². The van der Waals surface area contributed by atoms with Gasteiger partial charge in [-0.2, -0.15) is 0 Å². The van der Waals surface area contributed by atoms with Gasteiger partial charge in [0.15, 0.2) is 4.33 Å². The van der Waals surface area contributed by atoms with Gasteiger partial charge in [-0.3, -0.25) is 14.4 Å². The highest BCUT2D eigenvalue weighted by Crippen LogP contribution is 2.77. The number of alkyl halides is 4. The van der Waals surface area contributed by atoms with E-state index in [1.807, 2.05) is 0 Å². The van der Waals surface area contributed by atoms with Crippen LogP contribution in [-0.2, 0) is 9.59 Å². The molecule has 2 aromatic carbocycles. The number of rotatable bonds is 4. The Labute approximate surface area is 230 Å². The molecule has 1 saturated heterocycles. The van der Waals surface area contributed by atoms with Gasteiger partial charge in [-0.1, -0.05) is 58.5 Å². The second kappa shape index (κ2) is 8.17. The molecule has 0 radical (unpaired) electrons. The lowest BCUT2D eigenvalue weighted by Gasteiger charge is -2.34. The van der Waals surface area contributed by atoms with E-state index in [1.54, 1.807) is 30.3 Å². The first-order valence-electron chi connectivity index (χ1n) is 10.2. The third-order valence-corrected chi connectivity index (χ3v) is 10.9. The number of hydrogen-bond donors (Lipinski definition) is 1. The summed E-state index contributed by atoms with van der Waals surface area (Å²) in [7, 11) is 1.51. The predicted octanol–water partition coefficient (Wildman–Crippen LogP) is 5.90. The molecule has 12 heteroatoms. The van der Waals surface area contributed by atoms with Crippen molar-refractivity contribution in [2.24, 2.45) is 11.8 Å². The van der Waals surface area contributed by atoms with E-state index in [2.05, 4.69) is 5.32 Å². The Balaban J connectivity index is 1.48. The maximum atomic E-state index is 13.5. The van der Waals surface area contributed by atoms with Crippen LogP contribution in [0.2, 0.25) is 0 Å². The van der Waals surface area contributed by atoms with Gasteiger partial charge in [0, 0.05) is 17.3 Å². The summed E-state index contributed by atoms with van der Waals surface area (Å²) >= 11 is 39.1. The third-order valence-electron chi connectivity index (χ3n) is 6.60. The molecule has 182 valence electrons. The molecular weight excluding hydrogens is 581 g/mol. The Morgan fingerprint density at radius 2 is 1.49 bits per heavy atom. The van der Waals surface area contributed by atoms with Crippen LogP contribution in [0.5, 0.6) is 5.75 Å². The maximum Gasteiger partial charge on any atom is 0.255 e. The molecule has 5 rings (SSSR count). The van der Waals surface area contributed by atoms with Gasteiger partial charge >= 0.3 is 0 Å². The summed E-state index contributed by atoms with van der Waals surface area (Å²) in [6.07, 6.45) is 0. The zero-order valence-corrected chi connectivity index (χ0v) is 22.2. The number of imide groups is 1. The molecule has 4 atom stereocenters. The third kappa shape index (κ3) is 3.08. The summed E-state index contributed by atoms with van der Waals surface area (Å²) in [5, 5.41) is 2.41. The van der Waals surface area contributed by atoms with Crippen molar-refractivity contribution < 1.29 is 19.1 Å². The molecule has 3 amide bonds. The first kappa shape index (κ1) is 25.0. The lowest BCUT2D eigenvalue weighted by molar-refractivity contribution is -0.123. The number of nitrogens with one attached hydrogen (secondary N) is 1. The Bertz CT molecular complexity index is 1300. The van der Waals surface area contributed by atoms with Crippen LogP contribution in [0.4, 0.5) is 11.4 Å². The second-order valence-corrected chi connectivity index (χ2v) is 11.6. The Morgan fingerprint density at radius 3 is 2.06 bits per heavy atom. The standard InChI is InChI=1S/C23H14Cl6N2O4/c1-35-13-7-3-5-11(9-13)30-18(32)10-4-2-6-12(8-10)31-19(33)14-15(20(31)34)22(27)17(25)16(24)21(14,26)23(22,28)29/h2-9,14-15H,1H3,(H,30,32)/t14-,15-,21-,22-/m1/s1. The summed E-state index contributed by atoms with van der Waals surface area (Å²) < 4.78 is 3.15. The van der Waals surface area contributed by atoms with E-state index in [4.69, 9.17) is 74.3 Å². The van der Waals surface area contributed by atoms with Crippen LogP contribution in [0.1, 0.15) is 10.4 Å². The molecule has 2 fully saturated rings. The number of anilines is 2. The SMILES string of the molecule is COc1cccc(NC(=O)c2cccc(N3C(=O)[C@H]4[C@H](C3=O)[C@@]3(Cl)C(Cl)=C(Cl)[C@@]4(Cl)C3(Cl)Cl)c2)c1. The maximum absolute atomic E-state index is 13.5. The van der Waals surface area contributed by atoms with Crippen LogP contribution >= 0.6 is 69.6 Å². The highest BCUT2D eigenvalue weighted by Gasteiger charge is 2.87. The van der Waals surface area contributed by atoms with Crippen molar-refractivity contribution in [3.63, 3.8) is 0 Å². The van der Waals surface area contributed by atoms with E-state index < -0.39 is 43.6 Å². The number of fused-ring (bicyclic) bond motifs is 5. The topological polar surface area (TPSA) is 75.7 Å². The van der Waals surface area contributed by atoms with E-state index in [1.165, 1.54) is 25.3 Å². The summed E-state index contributed by atoms with van der Waals surface area (Å²) in [6.45, 7) is 0. The van der Waals surface area contributed by atoms with Gasteiger partial charge in [0.1, 0.15) is 15.5 Å². The lowest BCUT2D eigenvalue weighted by atomic mass is 9.84. The number of hydrogen-bond acceptors (Lipinski definition) is 4. The van der Waals surface area contributed by atoms with Gasteiger partial charge in [-0.05, 0) is 30.3 Å².